The van der Waals surface area contributed by atoms with E-state index in [1.54, 1.807) is 21.6 Å². The molecular formula is C29H39N5O4. The third-order valence-electron chi connectivity index (χ3n) is 8.31. The van der Waals surface area contributed by atoms with Gasteiger partial charge in [0.25, 0.3) is 5.56 Å². The number of nitrogens with zero attached hydrogens (tertiary/aromatic N) is 4. The molecule has 1 aromatic carbocycles. The molecule has 0 bridgehead atoms. The number of amides is 1. The number of aryl methyl sites for hydroxylation is 3. The van der Waals surface area contributed by atoms with Gasteiger partial charge in [-0.3, -0.25) is 9.69 Å². The van der Waals surface area contributed by atoms with E-state index in [4.69, 9.17) is 9.72 Å². The number of hydrogen-bond acceptors (Lipinski definition) is 6. The number of methoxy groups -OCH3 is 1. The minimum absolute atomic E-state index is 0.0182. The first-order chi connectivity index (χ1) is 18.5. The Kier molecular flexibility index (Phi) is 8.14. The molecule has 1 atom stereocenters. The van der Waals surface area contributed by atoms with Crippen LogP contribution in [0.1, 0.15) is 50.4 Å². The first-order valence-corrected chi connectivity index (χ1v) is 13.9. The molecule has 2 aromatic heterocycles. The molecule has 9 heteroatoms. The van der Waals surface area contributed by atoms with Gasteiger partial charge in [-0.25, -0.2) is 9.78 Å². The van der Waals surface area contributed by atoms with Crippen molar-refractivity contribution in [3.8, 4) is 0 Å². The van der Waals surface area contributed by atoms with E-state index in [1.807, 2.05) is 25.3 Å². The Morgan fingerprint density at radius 1 is 1.13 bits per heavy atom. The second kappa shape index (κ2) is 11.7. The van der Waals surface area contributed by atoms with Gasteiger partial charge < -0.3 is 24.3 Å². The van der Waals surface area contributed by atoms with Crippen LogP contribution < -0.4 is 15.8 Å². The number of ether oxygens (including phenoxy) is 1. The molecule has 3 heterocycles. The lowest BCUT2D eigenvalue weighted by molar-refractivity contribution is 0.175. The lowest BCUT2D eigenvalue weighted by atomic mass is 9.86. The van der Waals surface area contributed by atoms with E-state index in [0.717, 1.165) is 79.7 Å². The zero-order valence-corrected chi connectivity index (χ0v) is 22.4. The van der Waals surface area contributed by atoms with E-state index in [-0.39, 0.29) is 24.3 Å². The van der Waals surface area contributed by atoms with Crippen molar-refractivity contribution < 1.29 is 14.6 Å². The summed E-state index contributed by atoms with van der Waals surface area (Å²) in [5.41, 5.74) is 3.93. The van der Waals surface area contributed by atoms with Crippen LogP contribution in [0, 0.1) is 5.92 Å². The zero-order valence-electron chi connectivity index (χ0n) is 22.4. The molecule has 1 fully saturated rings. The predicted octanol–water partition coefficient (Wildman–Crippen LogP) is 3.49. The van der Waals surface area contributed by atoms with Crippen molar-refractivity contribution in [3.63, 3.8) is 0 Å². The predicted molar refractivity (Wildman–Crippen MR) is 148 cm³/mol. The van der Waals surface area contributed by atoms with Crippen molar-refractivity contribution in [1.29, 1.82) is 0 Å². The SMILES string of the molecule is COC(=O)N1c2ccc3c(nc(CCn4ccccc4=O)n3CCNC3CCC(CO)CC3)c2CC[C@@H]1C. The van der Waals surface area contributed by atoms with Crippen molar-refractivity contribution in [2.24, 2.45) is 5.92 Å². The number of anilines is 1. The first-order valence-electron chi connectivity index (χ1n) is 13.9. The molecule has 0 radical (unpaired) electrons. The van der Waals surface area contributed by atoms with Gasteiger partial charge in [0, 0.05) is 62.6 Å². The molecule has 1 amide bonds. The summed E-state index contributed by atoms with van der Waals surface area (Å²) in [5, 5.41) is 13.2. The molecule has 0 spiro atoms. The number of carbonyl (C=O) groups is 1. The van der Waals surface area contributed by atoms with Gasteiger partial charge in [0.2, 0.25) is 0 Å². The Morgan fingerprint density at radius 3 is 2.68 bits per heavy atom. The second-order valence-electron chi connectivity index (χ2n) is 10.7. The van der Waals surface area contributed by atoms with Gasteiger partial charge in [-0.2, -0.15) is 0 Å². The van der Waals surface area contributed by atoms with Crippen molar-refractivity contribution in [2.45, 2.75) is 77.0 Å². The number of aliphatic hydroxyl groups excluding tert-OH is 1. The highest BCUT2D eigenvalue weighted by Crippen LogP contribution is 2.36. The molecule has 38 heavy (non-hydrogen) atoms. The maximum Gasteiger partial charge on any atom is 0.414 e. The van der Waals surface area contributed by atoms with Crippen LogP contribution in [0.15, 0.2) is 41.3 Å². The lowest BCUT2D eigenvalue weighted by Gasteiger charge is -2.34. The largest absolute Gasteiger partial charge is 0.452 e. The minimum atomic E-state index is -0.346. The highest BCUT2D eigenvalue weighted by molar-refractivity contribution is 5.95. The Morgan fingerprint density at radius 2 is 1.95 bits per heavy atom. The van der Waals surface area contributed by atoms with Gasteiger partial charge in [-0.05, 0) is 69.6 Å². The number of aliphatic hydroxyl groups is 1. The van der Waals surface area contributed by atoms with Crippen LogP contribution in [0.4, 0.5) is 10.5 Å². The Hall–Kier alpha value is -3.17. The van der Waals surface area contributed by atoms with Gasteiger partial charge in [-0.1, -0.05) is 6.07 Å². The van der Waals surface area contributed by atoms with Gasteiger partial charge in [0.05, 0.1) is 23.8 Å². The number of hydrogen-bond donors (Lipinski definition) is 2. The number of benzene rings is 1. The Bertz CT molecular complexity index is 1320. The van der Waals surface area contributed by atoms with E-state index >= 15 is 0 Å². The van der Waals surface area contributed by atoms with E-state index < -0.39 is 0 Å². The average molecular weight is 522 g/mol. The topological polar surface area (TPSA) is 102 Å². The molecule has 2 aliphatic rings. The molecule has 0 unspecified atom stereocenters. The number of fused-ring (bicyclic) bond motifs is 3. The fraction of sp³-hybridized carbons (Fsp3) is 0.552. The number of carbonyl (C=O) groups excluding carboxylic acids is 1. The van der Waals surface area contributed by atoms with Crippen LogP contribution in [-0.4, -0.2) is 57.7 Å². The smallest absolute Gasteiger partial charge is 0.414 e. The molecule has 5 rings (SSSR count). The van der Waals surface area contributed by atoms with Crippen molar-refractivity contribution in [2.75, 3.05) is 25.2 Å². The molecule has 3 aromatic rings. The van der Waals surface area contributed by atoms with Gasteiger partial charge >= 0.3 is 6.09 Å². The number of aromatic nitrogens is 3. The highest BCUT2D eigenvalue weighted by atomic mass is 16.5. The Balaban J connectivity index is 1.43. The van der Waals surface area contributed by atoms with Crippen LogP contribution in [0.5, 0.6) is 0 Å². The normalized spacial score (nSPS) is 21.4. The fourth-order valence-electron chi connectivity index (χ4n) is 6.09. The maximum atomic E-state index is 12.6. The van der Waals surface area contributed by atoms with Gasteiger partial charge in [0.15, 0.2) is 0 Å². The van der Waals surface area contributed by atoms with Crippen LogP contribution in [0.2, 0.25) is 0 Å². The van der Waals surface area contributed by atoms with E-state index in [9.17, 15) is 14.7 Å². The molecule has 1 aliphatic heterocycles. The summed E-state index contributed by atoms with van der Waals surface area (Å²) in [6, 6.07) is 9.84. The number of imidazole rings is 1. The summed E-state index contributed by atoms with van der Waals surface area (Å²) in [6.45, 7) is 4.48. The summed E-state index contributed by atoms with van der Waals surface area (Å²) in [4.78, 5) is 31.8. The summed E-state index contributed by atoms with van der Waals surface area (Å²) >= 11 is 0. The third kappa shape index (κ3) is 5.35. The van der Waals surface area contributed by atoms with Crippen molar-refractivity contribution >= 4 is 22.8 Å². The van der Waals surface area contributed by atoms with E-state index in [0.29, 0.717) is 24.9 Å². The van der Waals surface area contributed by atoms with E-state index in [2.05, 4.69) is 16.0 Å². The number of nitrogens with one attached hydrogen (secondary N) is 1. The zero-order chi connectivity index (χ0) is 26.6. The molecular weight excluding hydrogens is 482 g/mol. The molecule has 0 saturated heterocycles. The molecule has 9 nitrogen and oxygen atoms in total. The average Bonchev–Trinajstić information content (AvgIpc) is 3.30. The van der Waals surface area contributed by atoms with Crippen molar-refractivity contribution in [3.05, 3.63) is 58.3 Å². The Labute approximate surface area is 223 Å². The monoisotopic (exact) mass is 521 g/mol. The third-order valence-corrected chi connectivity index (χ3v) is 8.31. The maximum absolute atomic E-state index is 12.6. The van der Waals surface area contributed by atoms with Gasteiger partial charge in [0.1, 0.15) is 5.82 Å². The minimum Gasteiger partial charge on any atom is -0.452 e. The molecule has 1 saturated carbocycles. The standard InChI is InChI=1S/C29H39N5O4/c1-20-6-11-23-24(34(20)29(37)38-2)12-13-25-28(23)31-26(14-17-32-16-4-3-5-27(32)36)33(25)18-15-30-22-9-7-21(19-35)8-10-22/h3-5,12-13,16,20-22,30,35H,6-11,14-15,17-19H2,1-2H3/t20-,21?,22?/m0/s1. The molecule has 1 aliphatic carbocycles. The van der Waals surface area contributed by atoms with Crippen LogP contribution in [0.25, 0.3) is 11.0 Å². The second-order valence-corrected chi connectivity index (χ2v) is 10.7. The van der Waals surface area contributed by atoms with E-state index in [1.165, 1.54) is 7.11 Å². The van der Waals surface area contributed by atoms with Crippen LogP contribution in [0.3, 0.4) is 0 Å². The lowest BCUT2D eigenvalue weighted by Crippen LogP contribution is -2.42. The summed E-state index contributed by atoms with van der Waals surface area (Å²) in [7, 11) is 1.42. The first kappa shape index (κ1) is 26.4. The molecule has 2 N–H and O–H groups in total. The highest BCUT2D eigenvalue weighted by Gasteiger charge is 2.31. The quantitative estimate of drug-likeness (QED) is 0.471. The van der Waals surface area contributed by atoms with Crippen LogP contribution in [-0.2, 0) is 30.7 Å². The van der Waals surface area contributed by atoms with Crippen LogP contribution >= 0.6 is 0 Å². The summed E-state index contributed by atoms with van der Waals surface area (Å²) < 4.78 is 9.08. The fourth-order valence-corrected chi connectivity index (χ4v) is 6.09. The number of pyridine rings is 1. The summed E-state index contributed by atoms with van der Waals surface area (Å²) in [6.07, 6.45) is 8.12. The molecule has 204 valence electrons. The summed E-state index contributed by atoms with van der Waals surface area (Å²) in [5.74, 6) is 1.38. The van der Waals surface area contributed by atoms with Gasteiger partial charge in [-0.15, -0.1) is 0 Å². The number of rotatable bonds is 8. The van der Waals surface area contributed by atoms with Crippen molar-refractivity contribution in [1.82, 2.24) is 19.4 Å².